The molecule has 1 fully saturated rings. The van der Waals surface area contributed by atoms with E-state index in [0.29, 0.717) is 4.90 Å². The third-order valence-electron chi connectivity index (χ3n) is 4.51. The maximum Gasteiger partial charge on any atom is 0.411 e. The number of carbonyl (C=O) groups excluding carboxylic acids is 2. The molecule has 28 heavy (non-hydrogen) atoms. The summed E-state index contributed by atoms with van der Waals surface area (Å²) in [5.74, 6) is -2.22. The van der Waals surface area contributed by atoms with Crippen molar-refractivity contribution in [2.45, 2.75) is 57.2 Å². The molecule has 1 N–H and O–H groups in total. The van der Waals surface area contributed by atoms with Gasteiger partial charge in [0.05, 0.1) is 25.7 Å². The van der Waals surface area contributed by atoms with Gasteiger partial charge in [0.15, 0.2) is 0 Å². The summed E-state index contributed by atoms with van der Waals surface area (Å²) in [6.07, 6.45) is -8.03. The Balaban J connectivity index is 2.41. The van der Waals surface area contributed by atoms with Gasteiger partial charge in [0.25, 0.3) is 0 Å². The van der Waals surface area contributed by atoms with Crippen molar-refractivity contribution in [3.05, 3.63) is 35.9 Å². The molecule has 0 saturated carbocycles. The fraction of sp³-hybridized carbons (Fsp3) is 0.579. The molecule has 4 atom stereocenters. The lowest BCUT2D eigenvalue weighted by Crippen LogP contribution is -2.72. The molecule has 1 amide bonds. The molecule has 0 spiro atoms. The lowest BCUT2D eigenvalue weighted by Gasteiger charge is -2.56. The van der Waals surface area contributed by atoms with E-state index in [1.807, 2.05) is 0 Å². The number of amides is 1. The van der Waals surface area contributed by atoms with Crippen molar-refractivity contribution in [2.24, 2.45) is 5.92 Å². The van der Waals surface area contributed by atoms with Gasteiger partial charge in [0.1, 0.15) is 11.6 Å². The van der Waals surface area contributed by atoms with E-state index in [2.05, 4.69) is 4.74 Å². The van der Waals surface area contributed by atoms with Crippen LogP contribution in [0.1, 0.15) is 38.9 Å². The lowest BCUT2D eigenvalue weighted by molar-refractivity contribution is -0.260. The van der Waals surface area contributed by atoms with E-state index in [0.717, 1.165) is 7.11 Å². The molecule has 1 saturated heterocycles. The van der Waals surface area contributed by atoms with Gasteiger partial charge in [-0.15, -0.1) is 0 Å². The number of likely N-dealkylation sites (tertiary alicyclic amines) is 1. The van der Waals surface area contributed by atoms with E-state index in [1.165, 1.54) is 32.9 Å². The van der Waals surface area contributed by atoms with Crippen molar-refractivity contribution < 1.29 is 37.3 Å². The second-order valence-electron chi connectivity index (χ2n) is 7.65. The third-order valence-corrected chi connectivity index (χ3v) is 4.51. The summed E-state index contributed by atoms with van der Waals surface area (Å²) in [5.41, 5.74) is -0.757. The average molecular weight is 403 g/mol. The zero-order valence-corrected chi connectivity index (χ0v) is 16.1. The number of aliphatic hydroxyl groups is 1. The van der Waals surface area contributed by atoms with E-state index in [1.54, 1.807) is 18.2 Å². The average Bonchev–Trinajstić information content (AvgIpc) is 2.55. The number of halogens is 3. The monoisotopic (exact) mass is 403 g/mol. The van der Waals surface area contributed by atoms with Gasteiger partial charge in [0, 0.05) is 5.92 Å². The smallest absolute Gasteiger partial charge is 0.411 e. The molecular weight excluding hydrogens is 379 g/mol. The lowest BCUT2D eigenvalue weighted by atomic mass is 9.72. The van der Waals surface area contributed by atoms with Gasteiger partial charge in [0.2, 0.25) is 0 Å². The molecule has 1 aromatic carbocycles. The van der Waals surface area contributed by atoms with Crippen LogP contribution in [-0.2, 0) is 14.3 Å². The molecule has 156 valence electrons. The number of nitrogens with zero attached hydrogens (tertiary/aromatic N) is 1. The first-order valence-electron chi connectivity index (χ1n) is 8.74. The van der Waals surface area contributed by atoms with Crippen molar-refractivity contribution in [2.75, 3.05) is 7.11 Å². The van der Waals surface area contributed by atoms with Crippen LogP contribution >= 0.6 is 0 Å². The fourth-order valence-corrected chi connectivity index (χ4v) is 3.37. The number of carbonyl (C=O) groups is 2. The van der Waals surface area contributed by atoms with Crippen molar-refractivity contribution in [3.8, 4) is 0 Å². The van der Waals surface area contributed by atoms with Crippen molar-refractivity contribution >= 4 is 12.1 Å². The van der Waals surface area contributed by atoms with Crippen LogP contribution in [0, 0.1) is 5.92 Å². The second-order valence-corrected chi connectivity index (χ2v) is 7.65. The Bertz CT molecular complexity index is 702. The third kappa shape index (κ3) is 4.76. The van der Waals surface area contributed by atoms with Gasteiger partial charge in [-0.3, -0.25) is 9.69 Å². The van der Waals surface area contributed by atoms with Crippen LogP contribution in [0.2, 0.25) is 0 Å². The van der Waals surface area contributed by atoms with Crippen molar-refractivity contribution in [1.29, 1.82) is 0 Å². The summed E-state index contributed by atoms with van der Waals surface area (Å²) < 4.78 is 51.0. The number of hydrogen-bond donors (Lipinski definition) is 1. The van der Waals surface area contributed by atoms with Crippen molar-refractivity contribution in [1.82, 2.24) is 4.90 Å². The van der Waals surface area contributed by atoms with Crippen LogP contribution in [0.4, 0.5) is 18.0 Å². The Labute approximate surface area is 161 Å². The molecule has 0 bridgehead atoms. The quantitative estimate of drug-likeness (QED) is 0.780. The van der Waals surface area contributed by atoms with Gasteiger partial charge in [-0.1, -0.05) is 30.3 Å². The molecule has 1 heterocycles. The summed E-state index contributed by atoms with van der Waals surface area (Å²) >= 11 is 0. The highest BCUT2D eigenvalue weighted by Crippen LogP contribution is 2.49. The first-order chi connectivity index (χ1) is 12.9. The van der Waals surface area contributed by atoms with Gasteiger partial charge >= 0.3 is 18.2 Å². The molecule has 2 rings (SSSR count). The van der Waals surface area contributed by atoms with Crippen LogP contribution in [0.15, 0.2) is 30.3 Å². The second kappa shape index (κ2) is 7.98. The summed E-state index contributed by atoms with van der Waals surface area (Å²) in [7, 11) is 1.10. The van der Waals surface area contributed by atoms with E-state index in [-0.39, 0.29) is 5.56 Å². The number of alkyl halides is 3. The fourth-order valence-electron chi connectivity index (χ4n) is 3.37. The Morgan fingerprint density at radius 3 is 2.21 bits per heavy atom. The zero-order valence-electron chi connectivity index (χ0n) is 16.1. The number of methoxy groups -OCH3 is 1. The van der Waals surface area contributed by atoms with Gasteiger partial charge in [-0.2, -0.15) is 13.2 Å². The molecule has 1 unspecified atom stereocenters. The molecular formula is C19H24F3NO5. The van der Waals surface area contributed by atoms with Gasteiger partial charge < -0.3 is 14.6 Å². The van der Waals surface area contributed by atoms with E-state index >= 15 is 0 Å². The number of aliphatic hydroxyl groups excluding tert-OH is 1. The summed E-state index contributed by atoms with van der Waals surface area (Å²) in [4.78, 5) is 24.7. The first-order valence-corrected chi connectivity index (χ1v) is 8.74. The van der Waals surface area contributed by atoms with Gasteiger partial charge in [-0.25, -0.2) is 4.79 Å². The Morgan fingerprint density at radius 1 is 1.18 bits per heavy atom. The predicted molar refractivity (Wildman–Crippen MR) is 93.2 cm³/mol. The molecule has 9 heteroatoms. The number of esters is 1. The molecule has 0 aliphatic carbocycles. The van der Waals surface area contributed by atoms with Crippen LogP contribution in [-0.4, -0.2) is 53.0 Å². The molecule has 1 aliphatic heterocycles. The summed E-state index contributed by atoms with van der Waals surface area (Å²) in [6, 6.07) is 4.31. The molecule has 1 aromatic rings. The van der Waals surface area contributed by atoms with Gasteiger partial charge in [-0.05, 0) is 26.3 Å². The minimum Gasteiger partial charge on any atom is -0.469 e. The molecule has 0 aromatic heterocycles. The molecule has 1 aliphatic rings. The number of benzene rings is 1. The SMILES string of the molecule is COC(=O)C[C@@H]1[C@@H](C(O)c2ccccc2)[C@H](C(F)(F)F)N1C(=O)OC(C)(C)C. The van der Waals surface area contributed by atoms with E-state index in [4.69, 9.17) is 4.74 Å². The topological polar surface area (TPSA) is 76.1 Å². The predicted octanol–water partition coefficient (Wildman–Crippen LogP) is 3.45. The normalized spacial score (nSPS) is 23.6. The van der Waals surface area contributed by atoms with E-state index in [9.17, 15) is 27.9 Å². The maximum atomic E-state index is 13.8. The standard InChI is InChI=1S/C19H24F3NO5/c1-18(2,3)28-17(26)23-12(10-13(24)27-4)14(16(23)19(20,21)22)15(25)11-8-6-5-7-9-11/h5-9,12,14-16,25H,10H2,1-4H3/t12-,14+,15?,16-/m1/s1. The summed E-state index contributed by atoms with van der Waals surface area (Å²) in [6.45, 7) is 4.58. The number of hydrogen-bond acceptors (Lipinski definition) is 5. The van der Waals surface area contributed by atoms with E-state index < -0.39 is 54.4 Å². The minimum atomic E-state index is -4.82. The van der Waals surface area contributed by atoms with Crippen LogP contribution in [0.5, 0.6) is 0 Å². The number of ether oxygens (including phenoxy) is 2. The molecule has 0 radical (unpaired) electrons. The highest BCUT2D eigenvalue weighted by atomic mass is 19.4. The highest BCUT2D eigenvalue weighted by Gasteiger charge is 2.65. The number of rotatable bonds is 4. The van der Waals surface area contributed by atoms with Crippen molar-refractivity contribution in [3.63, 3.8) is 0 Å². The van der Waals surface area contributed by atoms with Crippen LogP contribution in [0.3, 0.4) is 0 Å². The Kier molecular flexibility index (Phi) is 6.27. The minimum absolute atomic E-state index is 0.264. The molecule has 6 nitrogen and oxygen atoms in total. The zero-order chi connectivity index (χ0) is 21.3. The highest BCUT2D eigenvalue weighted by molar-refractivity contribution is 5.75. The van der Waals surface area contributed by atoms with Crippen LogP contribution in [0.25, 0.3) is 0 Å². The van der Waals surface area contributed by atoms with Crippen LogP contribution < -0.4 is 0 Å². The largest absolute Gasteiger partial charge is 0.469 e. The Hall–Kier alpha value is -2.29. The first kappa shape index (κ1) is 22.0. The summed E-state index contributed by atoms with van der Waals surface area (Å²) in [5, 5.41) is 10.6. The Morgan fingerprint density at radius 2 is 1.75 bits per heavy atom. The maximum absolute atomic E-state index is 13.8.